The van der Waals surface area contributed by atoms with Crippen LogP contribution in [0.5, 0.6) is 0 Å². The highest BCUT2D eigenvalue weighted by Crippen LogP contribution is 2.32. The lowest BCUT2D eigenvalue weighted by molar-refractivity contribution is 0.272. The van der Waals surface area contributed by atoms with Crippen molar-refractivity contribution in [2.45, 2.75) is 32.6 Å². The number of nitrogens with zero attached hydrogens (tertiary/aromatic N) is 1. The maximum absolute atomic E-state index is 6.14. The number of aryl methyl sites for hydroxylation is 1. The summed E-state index contributed by atoms with van der Waals surface area (Å²) in [5.41, 5.74) is 3.34. The van der Waals surface area contributed by atoms with Crippen molar-refractivity contribution < 1.29 is 0 Å². The highest BCUT2D eigenvalue weighted by Gasteiger charge is 2.24. The van der Waals surface area contributed by atoms with Crippen molar-refractivity contribution >= 4 is 28.2 Å². The molecule has 0 spiro atoms. The first-order valence-corrected chi connectivity index (χ1v) is 8.47. The predicted octanol–water partition coefficient (Wildman–Crippen LogP) is 5.00. The Morgan fingerprint density at radius 1 is 1.19 bits per heavy atom. The van der Waals surface area contributed by atoms with Gasteiger partial charge in [0.15, 0.2) is 0 Å². The van der Waals surface area contributed by atoms with Gasteiger partial charge in [-0.05, 0) is 43.7 Å². The van der Waals surface area contributed by atoms with E-state index in [-0.39, 0.29) is 0 Å². The molecule has 2 nitrogen and oxygen atoms in total. The summed E-state index contributed by atoms with van der Waals surface area (Å²) in [6.45, 7) is 3.07. The highest BCUT2D eigenvalue weighted by molar-refractivity contribution is 6.18. The Morgan fingerprint density at radius 3 is 2.76 bits per heavy atom. The Hall–Kier alpha value is -1.28. The van der Waals surface area contributed by atoms with E-state index in [0.29, 0.717) is 11.8 Å². The number of nitrogens with one attached hydrogen (secondary N) is 1. The van der Waals surface area contributed by atoms with Crippen LogP contribution in [-0.4, -0.2) is 17.4 Å². The summed E-state index contributed by atoms with van der Waals surface area (Å²) >= 11 is 6.14. The smallest absolute Gasteiger partial charge is 0.0725 e. The van der Waals surface area contributed by atoms with E-state index < -0.39 is 0 Å². The number of halogens is 1. The molecule has 1 aromatic carbocycles. The van der Waals surface area contributed by atoms with Gasteiger partial charge in [0.2, 0.25) is 0 Å². The molecule has 1 saturated carbocycles. The van der Waals surface area contributed by atoms with Crippen molar-refractivity contribution in [3.05, 3.63) is 36.0 Å². The second-order valence-electron chi connectivity index (χ2n) is 6.17. The van der Waals surface area contributed by atoms with Crippen LogP contribution in [0.4, 0.5) is 5.69 Å². The number of fused-ring (bicyclic) bond motifs is 1. The van der Waals surface area contributed by atoms with Gasteiger partial charge in [-0.15, -0.1) is 11.6 Å². The number of para-hydroxylation sites is 1. The Labute approximate surface area is 131 Å². The molecule has 2 atom stereocenters. The topological polar surface area (TPSA) is 24.9 Å². The van der Waals surface area contributed by atoms with E-state index in [2.05, 4.69) is 41.5 Å². The van der Waals surface area contributed by atoms with Crippen LogP contribution in [-0.2, 0) is 0 Å². The van der Waals surface area contributed by atoms with Gasteiger partial charge in [0.1, 0.15) is 0 Å². The summed E-state index contributed by atoms with van der Waals surface area (Å²) in [5.74, 6) is 2.16. The van der Waals surface area contributed by atoms with Gasteiger partial charge in [-0.1, -0.05) is 31.0 Å². The number of benzene rings is 1. The van der Waals surface area contributed by atoms with Gasteiger partial charge in [0, 0.05) is 29.2 Å². The number of hydrogen-bond donors (Lipinski definition) is 1. The van der Waals surface area contributed by atoms with Crippen molar-refractivity contribution in [3.8, 4) is 0 Å². The lowest BCUT2D eigenvalue weighted by Gasteiger charge is -2.30. The third kappa shape index (κ3) is 3.32. The molecule has 1 heterocycles. The van der Waals surface area contributed by atoms with Gasteiger partial charge in [-0.3, -0.25) is 4.98 Å². The summed E-state index contributed by atoms with van der Waals surface area (Å²) in [7, 11) is 0. The molecule has 1 aliphatic rings. The van der Waals surface area contributed by atoms with Crippen LogP contribution in [0.15, 0.2) is 30.3 Å². The first-order chi connectivity index (χ1) is 10.3. The average Bonchev–Trinajstić information content (AvgIpc) is 2.52. The Bertz CT molecular complexity index is 611. The fourth-order valence-electron chi connectivity index (χ4n) is 3.45. The van der Waals surface area contributed by atoms with Crippen LogP contribution in [0.25, 0.3) is 10.9 Å². The lowest BCUT2D eigenvalue weighted by atomic mass is 9.80. The minimum absolute atomic E-state index is 0.669. The molecule has 0 aliphatic heterocycles. The molecular weight excluding hydrogens is 280 g/mol. The average molecular weight is 303 g/mol. The second-order valence-corrected chi connectivity index (χ2v) is 6.48. The van der Waals surface area contributed by atoms with Crippen LogP contribution < -0.4 is 5.32 Å². The van der Waals surface area contributed by atoms with E-state index >= 15 is 0 Å². The summed E-state index contributed by atoms with van der Waals surface area (Å²) in [4.78, 5) is 4.60. The SMILES string of the molecule is Cc1cc(NCC2CCCCC2CCl)c2ccccc2n1. The molecule has 0 radical (unpaired) electrons. The zero-order valence-electron chi connectivity index (χ0n) is 12.6. The minimum atomic E-state index is 0.669. The minimum Gasteiger partial charge on any atom is -0.384 e. The third-order valence-corrected chi connectivity index (χ3v) is 5.06. The zero-order chi connectivity index (χ0) is 14.7. The van der Waals surface area contributed by atoms with Crippen molar-refractivity contribution in [2.75, 3.05) is 17.7 Å². The molecule has 1 aliphatic carbocycles. The molecule has 2 unspecified atom stereocenters. The third-order valence-electron chi connectivity index (χ3n) is 4.66. The Balaban J connectivity index is 1.78. The predicted molar refractivity (Wildman–Crippen MR) is 91.1 cm³/mol. The van der Waals surface area contributed by atoms with Crippen molar-refractivity contribution in [3.63, 3.8) is 0 Å². The van der Waals surface area contributed by atoms with Crippen LogP contribution in [0.3, 0.4) is 0 Å². The van der Waals surface area contributed by atoms with Gasteiger partial charge >= 0.3 is 0 Å². The monoisotopic (exact) mass is 302 g/mol. The number of hydrogen-bond acceptors (Lipinski definition) is 2. The molecule has 1 fully saturated rings. The summed E-state index contributed by atoms with van der Waals surface area (Å²) in [6.07, 6.45) is 5.26. The second kappa shape index (κ2) is 6.65. The molecule has 2 aromatic rings. The maximum atomic E-state index is 6.14. The van der Waals surface area contributed by atoms with Crippen LogP contribution >= 0.6 is 11.6 Å². The first-order valence-electron chi connectivity index (χ1n) is 7.94. The zero-order valence-corrected chi connectivity index (χ0v) is 13.4. The van der Waals surface area contributed by atoms with E-state index in [0.717, 1.165) is 23.6 Å². The molecule has 21 heavy (non-hydrogen) atoms. The lowest BCUT2D eigenvalue weighted by Crippen LogP contribution is -2.27. The Morgan fingerprint density at radius 2 is 1.95 bits per heavy atom. The quantitative estimate of drug-likeness (QED) is 0.804. The first kappa shape index (κ1) is 14.6. The van der Waals surface area contributed by atoms with Crippen LogP contribution in [0.2, 0.25) is 0 Å². The number of anilines is 1. The molecule has 1 aromatic heterocycles. The van der Waals surface area contributed by atoms with E-state index in [9.17, 15) is 0 Å². The molecule has 0 bridgehead atoms. The standard InChI is InChI=1S/C18H23ClN2/c1-13-10-18(16-8-4-5-9-17(16)21-13)20-12-15-7-3-2-6-14(15)11-19/h4-5,8-10,14-15H,2-3,6-7,11-12H2,1H3,(H,20,21). The summed E-state index contributed by atoms with van der Waals surface area (Å²) in [5, 5.41) is 4.87. The summed E-state index contributed by atoms with van der Waals surface area (Å²) in [6, 6.07) is 10.5. The normalized spacial score (nSPS) is 22.4. The molecular formula is C18H23ClN2. The van der Waals surface area contributed by atoms with Crippen molar-refractivity contribution in [2.24, 2.45) is 11.8 Å². The Kier molecular flexibility index (Phi) is 4.64. The summed E-state index contributed by atoms with van der Waals surface area (Å²) < 4.78 is 0. The van der Waals surface area contributed by atoms with Crippen molar-refractivity contribution in [1.82, 2.24) is 4.98 Å². The van der Waals surface area contributed by atoms with Gasteiger partial charge in [-0.25, -0.2) is 0 Å². The van der Waals surface area contributed by atoms with E-state index in [1.165, 1.54) is 36.8 Å². The van der Waals surface area contributed by atoms with Crippen LogP contribution in [0.1, 0.15) is 31.4 Å². The van der Waals surface area contributed by atoms with E-state index in [1.807, 2.05) is 6.07 Å². The molecule has 0 saturated heterocycles. The van der Waals surface area contributed by atoms with Gasteiger partial charge in [0.25, 0.3) is 0 Å². The number of aromatic nitrogens is 1. The maximum Gasteiger partial charge on any atom is 0.0725 e. The fraction of sp³-hybridized carbons (Fsp3) is 0.500. The number of pyridine rings is 1. The van der Waals surface area contributed by atoms with Crippen molar-refractivity contribution in [1.29, 1.82) is 0 Å². The fourth-order valence-corrected chi connectivity index (χ4v) is 3.86. The number of alkyl halides is 1. The molecule has 3 rings (SSSR count). The number of rotatable bonds is 4. The molecule has 0 amide bonds. The van der Waals surface area contributed by atoms with Gasteiger partial charge in [0.05, 0.1) is 5.52 Å². The molecule has 112 valence electrons. The largest absolute Gasteiger partial charge is 0.384 e. The van der Waals surface area contributed by atoms with E-state index in [4.69, 9.17) is 11.6 Å². The molecule has 3 heteroatoms. The van der Waals surface area contributed by atoms with Gasteiger partial charge < -0.3 is 5.32 Å². The highest BCUT2D eigenvalue weighted by atomic mass is 35.5. The molecule has 1 N–H and O–H groups in total. The van der Waals surface area contributed by atoms with Gasteiger partial charge in [-0.2, -0.15) is 0 Å². The van der Waals surface area contributed by atoms with Crippen LogP contribution in [0, 0.1) is 18.8 Å². The van der Waals surface area contributed by atoms with E-state index in [1.54, 1.807) is 0 Å².